The predicted molar refractivity (Wildman–Crippen MR) is 115 cm³/mol. The molecule has 3 heterocycles. The van der Waals surface area contributed by atoms with E-state index in [1.54, 1.807) is 0 Å². The monoisotopic (exact) mass is 454 g/mol. The van der Waals surface area contributed by atoms with Crippen LogP contribution in [-0.4, -0.2) is 38.7 Å². The van der Waals surface area contributed by atoms with Crippen LogP contribution in [0.15, 0.2) is 65.2 Å². The number of nitrogens with zero attached hydrogens (tertiary/aromatic N) is 4. The molecule has 0 bridgehead atoms. The van der Waals surface area contributed by atoms with E-state index in [0.717, 1.165) is 35.9 Å². The Balaban J connectivity index is 1.27. The standard InChI is InChI=1S/C24H21F3N4O2/c25-24(26,27)19-9-7-17(8-10-19)22-28-29-23(33-22)18-5-3-12-31(14-18)21(32)15-30-13-11-16-4-1-2-6-20(16)30/h1-2,4,6-11,13,18H,3,5,12,14-15H2. The van der Waals surface area contributed by atoms with Gasteiger partial charge in [0, 0.05) is 30.4 Å². The minimum absolute atomic E-state index is 0.0172. The van der Waals surface area contributed by atoms with Crippen LogP contribution in [0, 0.1) is 0 Å². The van der Waals surface area contributed by atoms with E-state index in [9.17, 15) is 18.0 Å². The normalized spacial score (nSPS) is 16.9. The van der Waals surface area contributed by atoms with Gasteiger partial charge in [-0.25, -0.2) is 0 Å². The highest BCUT2D eigenvalue weighted by Gasteiger charge is 2.31. The third kappa shape index (κ3) is 4.35. The number of benzene rings is 2. The lowest BCUT2D eigenvalue weighted by Gasteiger charge is -2.31. The van der Waals surface area contributed by atoms with E-state index >= 15 is 0 Å². The van der Waals surface area contributed by atoms with Gasteiger partial charge in [-0.15, -0.1) is 10.2 Å². The van der Waals surface area contributed by atoms with Crippen molar-refractivity contribution in [3.8, 4) is 11.5 Å². The Hall–Kier alpha value is -3.62. The fourth-order valence-corrected chi connectivity index (χ4v) is 4.25. The van der Waals surface area contributed by atoms with Crippen LogP contribution in [0.25, 0.3) is 22.4 Å². The van der Waals surface area contributed by atoms with E-state index in [0.29, 0.717) is 24.5 Å². The molecule has 0 N–H and O–H groups in total. The number of carbonyl (C=O) groups is 1. The Morgan fingerprint density at radius 2 is 1.85 bits per heavy atom. The molecule has 2 aromatic carbocycles. The summed E-state index contributed by atoms with van der Waals surface area (Å²) in [6.45, 7) is 1.38. The highest BCUT2D eigenvalue weighted by Crippen LogP contribution is 2.32. The number of fused-ring (bicyclic) bond motifs is 1. The van der Waals surface area contributed by atoms with Crippen molar-refractivity contribution in [3.05, 3.63) is 72.2 Å². The van der Waals surface area contributed by atoms with Gasteiger partial charge in [0.1, 0.15) is 6.54 Å². The van der Waals surface area contributed by atoms with Crippen LogP contribution in [0.2, 0.25) is 0 Å². The fourth-order valence-electron chi connectivity index (χ4n) is 4.25. The van der Waals surface area contributed by atoms with Crippen LogP contribution >= 0.6 is 0 Å². The first-order valence-corrected chi connectivity index (χ1v) is 10.7. The van der Waals surface area contributed by atoms with Crippen LogP contribution in [0.3, 0.4) is 0 Å². The summed E-state index contributed by atoms with van der Waals surface area (Å²) in [7, 11) is 0. The number of carbonyl (C=O) groups excluding carboxylic acids is 1. The molecule has 1 aliphatic heterocycles. The highest BCUT2D eigenvalue weighted by molar-refractivity contribution is 5.83. The van der Waals surface area contributed by atoms with Crippen molar-refractivity contribution >= 4 is 16.8 Å². The molecule has 9 heteroatoms. The summed E-state index contributed by atoms with van der Waals surface area (Å²) < 4.78 is 46.1. The van der Waals surface area contributed by atoms with E-state index in [1.165, 1.54) is 12.1 Å². The molecule has 1 amide bonds. The smallest absolute Gasteiger partial charge is 0.416 e. The van der Waals surface area contributed by atoms with Gasteiger partial charge >= 0.3 is 6.18 Å². The zero-order valence-electron chi connectivity index (χ0n) is 17.6. The number of para-hydroxylation sites is 1. The van der Waals surface area contributed by atoms with Gasteiger partial charge in [-0.2, -0.15) is 13.2 Å². The van der Waals surface area contributed by atoms with Gasteiger partial charge in [0.2, 0.25) is 17.7 Å². The largest absolute Gasteiger partial charge is 0.420 e. The molecule has 0 radical (unpaired) electrons. The Kier molecular flexibility index (Phi) is 5.39. The van der Waals surface area contributed by atoms with Gasteiger partial charge in [0.05, 0.1) is 11.5 Å². The van der Waals surface area contributed by atoms with Crippen LogP contribution < -0.4 is 0 Å². The summed E-state index contributed by atoms with van der Waals surface area (Å²) in [5.41, 5.74) is 0.699. The van der Waals surface area contributed by atoms with Crippen molar-refractivity contribution in [3.63, 3.8) is 0 Å². The average molecular weight is 454 g/mol. The van der Waals surface area contributed by atoms with Crippen molar-refractivity contribution < 1.29 is 22.4 Å². The van der Waals surface area contributed by atoms with Gasteiger partial charge in [0.25, 0.3) is 0 Å². The van der Waals surface area contributed by atoms with E-state index in [-0.39, 0.29) is 24.3 Å². The third-order valence-electron chi connectivity index (χ3n) is 6.01. The summed E-state index contributed by atoms with van der Waals surface area (Å²) in [5.74, 6) is 0.470. The van der Waals surface area contributed by atoms with E-state index in [1.807, 2.05) is 46.0 Å². The van der Waals surface area contributed by atoms with Crippen LogP contribution in [0.4, 0.5) is 13.2 Å². The molecule has 33 heavy (non-hydrogen) atoms. The third-order valence-corrected chi connectivity index (χ3v) is 6.01. The average Bonchev–Trinajstić information content (AvgIpc) is 3.47. The molecule has 4 aromatic rings. The fraction of sp³-hybridized carbons (Fsp3) is 0.292. The molecule has 170 valence electrons. The van der Waals surface area contributed by atoms with E-state index in [4.69, 9.17) is 4.42 Å². The van der Waals surface area contributed by atoms with Crippen molar-refractivity contribution in [2.75, 3.05) is 13.1 Å². The van der Waals surface area contributed by atoms with Crippen molar-refractivity contribution in [1.82, 2.24) is 19.7 Å². The molecule has 1 saturated heterocycles. The first kappa shape index (κ1) is 21.2. The number of halogens is 3. The summed E-state index contributed by atoms with van der Waals surface area (Å²) in [6, 6.07) is 14.5. The summed E-state index contributed by atoms with van der Waals surface area (Å²) >= 11 is 0. The molecule has 0 aliphatic carbocycles. The molecule has 6 nitrogen and oxygen atoms in total. The zero-order chi connectivity index (χ0) is 23.0. The number of likely N-dealkylation sites (tertiary alicyclic amines) is 1. The maximum absolute atomic E-state index is 13.0. The van der Waals surface area contributed by atoms with Gasteiger partial charge in [-0.1, -0.05) is 18.2 Å². The maximum Gasteiger partial charge on any atom is 0.416 e. The molecule has 0 spiro atoms. The first-order valence-electron chi connectivity index (χ1n) is 10.7. The van der Waals surface area contributed by atoms with Crippen LogP contribution in [0.5, 0.6) is 0 Å². The van der Waals surface area contributed by atoms with E-state index in [2.05, 4.69) is 10.2 Å². The second-order valence-electron chi connectivity index (χ2n) is 8.20. The lowest BCUT2D eigenvalue weighted by atomic mass is 9.98. The number of amides is 1. The van der Waals surface area contributed by atoms with Gasteiger partial charge in [0.15, 0.2) is 0 Å². The highest BCUT2D eigenvalue weighted by atomic mass is 19.4. The van der Waals surface area contributed by atoms with Crippen LogP contribution in [-0.2, 0) is 17.5 Å². The Morgan fingerprint density at radius 1 is 1.06 bits per heavy atom. The lowest BCUT2D eigenvalue weighted by Crippen LogP contribution is -2.40. The molecule has 1 atom stereocenters. The van der Waals surface area contributed by atoms with Gasteiger partial charge in [-0.3, -0.25) is 4.79 Å². The molecule has 1 fully saturated rings. The van der Waals surface area contributed by atoms with Crippen LogP contribution in [0.1, 0.15) is 30.2 Å². The molecular weight excluding hydrogens is 433 g/mol. The number of rotatable bonds is 4. The molecule has 1 aliphatic rings. The molecule has 0 saturated carbocycles. The summed E-state index contributed by atoms with van der Waals surface area (Å²) in [4.78, 5) is 14.8. The summed E-state index contributed by atoms with van der Waals surface area (Å²) in [6.07, 6.45) is -0.881. The number of hydrogen-bond acceptors (Lipinski definition) is 4. The molecule has 2 aromatic heterocycles. The topological polar surface area (TPSA) is 64.2 Å². The Morgan fingerprint density at radius 3 is 2.64 bits per heavy atom. The minimum Gasteiger partial charge on any atom is -0.420 e. The van der Waals surface area contributed by atoms with E-state index < -0.39 is 11.7 Å². The minimum atomic E-state index is -4.40. The van der Waals surface area contributed by atoms with Gasteiger partial charge < -0.3 is 13.9 Å². The second-order valence-corrected chi connectivity index (χ2v) is 8.20. The van der Waals surface area contributed by atoms with Crippen molar-refractivity contribution in [2.45, 2.75) is 31.5 Å². The first-order chi connectivity index (χ1) is 15.9. The number of alkyl halides is 3. The quantitative estimate of drug-likeness (QED) is 0.430. The summed E-state index contributed by atoms with van der Waals surface area (Å²) in [5, 5.41) is 9.22. The predicted octanol–water partition coefficient (Wildman–Crippen LogP) is 5.12. The lowest BCUT2D eigenvalue weighted by molar-refractivity contribution is -0.137. The molecule has 1 unspecified atom stereocenters. The SMILES string of the molecule is O=C(Cn1ccc2ccccc21)N1CCCC(c2nnc(-c3ccc(C(F)(F)F)cc3)o2)C1. The Labute approximate surface area is 187 Å². The number of piperidine rings is 1. The molecular formula is C24H21F3N4O2. The zero-order valence-corrected chi connectivity index (χ0v) is 17.6. The van der Waals surface area contributed by atoms with Crippen molar-refractivity contribution in [1.29, 1.82) is 0 Å². The maximum atomic E-state index is 13.0. The Bertz CT molecular complexity index is 1280. The number of hydrogen-bond donors (Lipinski definition) is 0. The van der Waals surface area contributed by atoms with Crippen molar-refractivity contribution in [2.24, 2.45) is 0 Å². The van der Waals surface area contributed by atoms with Gasteiger partial charge in [-0.05, 0) is 54.6 Å². The molecule has 5 rings (SSSR count). The second kappa shape index (κ2) is 8.38. The number of aromatic nitrogens is 3.